The van der Waals surface area contributed by atoms with Gasteiger partial charge >= 0.3 is 39.5 Å². The summed E-state index contributed by atoms with van der Waals surface area (Å²) < 4.78 is 68.5. The van der Waals surface area contributed by atoms with E-state index in [9.17, 15) is 43.2 Å². The van der Waals surface area contributed by atoms with Gasteiger partial charge in [-0.2, -0.15) is 0 Å². The van der Waals surface area contributed by atoms with Gasteiger partial charge < -0.3 is 33.8 Å². The maximum Gasteiger partial charge on any atom is 0.472 e. The van der Waals surface area contributed by atoms with Crippen LogP contribution in [0.3, 0.4) is 0 Å². The largest absolute Gasteiger partial charge is 0.472 e. The molecule has 0 spiro atoms. The predicted octanol–water partition coefficient (Wildman–Crippen LogP) is 24.7. The second kappa shape index (κ2) is 73.6. The zero-order valence-electron chi connectivity index (χ0n) is 66.2. The van der Waals surface area contributed by atoms with Crippen molar-refractivity contribution in [3.63, 3.8) is 0 Å². The van der Waals surface area contributed by atoms with E-state index >= 15 is 0 Å². The van der Waals surface area contributed by atoms with Gasteiger partial charge in [-0.3, -0.25) is 37.3 Å². The lowest BCUT2D eigenvalue weighted by molar-refractivity contribution is -0.161. The summed E-state index contributed by atoms with van der Waals surface area (Å²) in [7, 11) is -9.91. The molecule has 101 heavy (non-hydrogen) atoms. The smallest absolute Gasteiger partial charge is 0.462 e. The molecule has 0 fully saturated rings. The van der Waals surface area contributed by atoms with Gasteiger partial charge in [-0.25, -0.2) is 9.13 Å². The summed E-state index contributed by atoms with van der Waals surface area (Å²) in [6.45, 7) is 9.60. The summed E-state index contributed by atoms with van der Waals surface area (Å²) in [5.74, 6) is -0.520. The van der Waals surface area contributed by atoms with Crippen molar-refractivity contribution in [3.05, 3.63) is 0 Å². The van der Waals surface area contributed by atoms with Crippen molar-refractivity contribution in [1.29, 1.82) is 0 Å². The molecule has 0 aromatic heterocycles. The molecule has 0 aliphatic carbocycles. The molecule has 0 aliphatic heterocycles. The number of phosphoric ester groups is 2. The standard InChI is InChI=1S/C82H160O17P2/c1-7-9-11-13-14-15-16-17-18-19-20-21-22-23-28-33-38-43-48-54-60-67-82(87)99-78(71-93-80(85)65-59-53-47-42-37-32-27-25-24-26-30-35-40-45-51-56-62-74(3)4)73-97-101(90,91)95-69-76(83)68-94-100(88,89)96-72-77(70-92-79(84)64-58-50-12-10-8-2)98-81(86)66-61-55-49-44-39-34-29-31-36-41-46-52-57-63-75(5)6/h74-78,83H,7-73H2,1-6H3,(H,88,89)(H,90,91)/t76-,77+,78+/m0/s1. The average molecular weight is 1480 g/mol. The number of ether oxygens (including phenoxy) is 4. The number of aliphatic hydroxyl groups is 1. The SMILES string of the molecule is CCCCCCCCCCCCCCCCCCCCCCCC(=O)O[C@H](COC(=O)CCCCCCCCCCCCCCCCCCC(C)C)COP(=O)(O)OC[C@@H](O)COP(=O)(O)OC[C@@H](COC(=O)CCCCCCC)OC(=O)CCCCCCCCCCCCCCCC(C)C. The van der Waals surface area contributed by atoms with Gasteiger partial charge in [-0.15, -0.1) is 0 Å². The Kier molecular flexibility index (Phi) is 72.2. The highest BCUT2D eigenvalue weighted by atomic mass is 31.2. The van der Waals surface area contributed by atoms with Crippen molar-refractivity contribution in [2.75, 3.05) is 39.6 Å². The molecule has 0 saturated heterocycles. The molecule has 0 amide bonds. The van der Waals surface area contributed by atoms with Crippen molar-refractivity contribution in [2.45, 2.75) is 452 Å². The van der Waals surface area contributed by atoms with Crippen molar-refractivity contribution >= 4 is 39.5 Å². The van der Waals surface area contributed by atoms with Crippen LogP contribution in [0.15, 0.2) is 0 Å². The zero-order chi connectivity index (χ0) is 74.2. The first kappa shape index (κ1) is 99.1. The van der Waals surface area contributed by atoms with Crippen LogP contribution in [0.1, 0.15) is 433 Å². The second-order valence-corrected chi connectivity index (χ2v) is 33.4. The van der Waals surface area contributed by atoms with Crippen LogP contribution in [-0.4, -0.2) is 96.7 Å². The van der Waals surface area contributed by atoms with Crippen LogP contribution in [0, 0.1) is 11.8 Å². The number of carbonyl (C=O) groups is 4. The van der Waals surface area contributed by atoms with Gasteiger partial charge in [0.25, 0.3) is 0 Å². The molecular formula is C82H160O17P2. The lowest BCUT2D eigenvalue weighted by atomic mass is 10.0. The molecular weight excluding hydrogens is 1320 g/mol. The summed E-state index contributed by atoms with van der Waals surface area (Å²) >= 11 is 0. The van der Waals surface area contributed by atoms with Gasteiger partial charge in [0.1, 0.15) is 19.3 Å². The fourth-order valence-electron chi connectivity index (χ4n) is 12.7. The van der Waals surface area contributed by atoms with Crippen LogP contribution in [0.4, 0.5) is 0 Å². The molecule has 600 valence electrons. The molecule has 0 aliphatic rings. The van der Waals surface area contributed by atoms with Crippen LogP contribution in [0.5, 0.6) is 0 Å². The second-order valence-electron chi connectivity index (χ2n) is 30.5. The minimum atomic E-state index is -4.96. The van der Waals surface area contributed by atoms with Gasteiger partial charge in [0.15, 0.2) is 12.2 Å². The Morgan fingerprint density at radius 1 is 0.267 bits per heavy atom. The number of unbranched alkanes of at least 4 members (excludes halogenated alkanes) is 51. The van der Waals surface area contributed by atoms with E-state index in [-0.39, 0.29) is 25.7 Å². The zero-order valence-corrected chi connectivity index (χ0v) is 68.0. The van der Waals surface area contributed by atoms with E-state index in [2.05, 4.69) is 41.5 Å². The lowest BCUT2D eigenvalue weighted by Crippen LogP contribution is -2.30. The van der Waals surface area contributed by atoms with Crippen molar-refractivity contribution in [1.82, 2.24) is 0 Å². The van der Waals surface area contributed by atoms with Crippen LogP contribution in [-0.2, 0) is 65.4 Å². The van der Waals surface area contributed by atoms with E-state index in [0.29, 0.717) is 25.7 Å². The Hall–Kier alpha value is -1.94. The summed E-state index contributed by atoms with van der Waals surface area (Å²) in [6, 6.07) is 0. The molecule has 2 unspecified atom stereocenters. The topological polar surface area (TPSA) is 237 Å². The highest BCUT2D eigenvalue weighted by Gasteiger charge is 2.30. The molecule has 0 rings (SSSR count). The van der Waals surface area contributed by atoms with E-state index in [1.807, 2.05) is 0 Å². The Morgan fingerprint density at radius 2 is 0.455 bits per heavy atom. The molecule has 0 aromatic rings. The Labute approximate surface area is 619 Å². The fraction of sp³-hybridized carbons (Fsp3) is 0.951. The molecule has 0 saturated carbocycles. The maximum absolute atomic E-state index is 13.1. The maximum atomic E-state index is 13.1. The summed E-state index contributed by atoms with van der Waals surface area (Å²) in [5, 5.41) is 10.6. The van der Waals surface area contributed by atoms with Crippen LogP contribution in [0.25, 0.3) is 0 Å². The molecule has 0 heterocycles. The number of carbonyl (C=O) groups excluding carboxylic acids is 4. The highest BCUT2D eigenvalue weighted by Crippen LogP contribution is 2.45. The third-order valence-electron chi connectivity index (χ3n) is 19.2. The molecule has 19 heteroatoms. The molecule has 0 radical (unpaired) electrons. The summed E-state index contributed by atoms with van der Waals surface area (Å²) in [5.41, 5.74) is 0. The van der Waals surface area contributed by atoms with Crippen LogP contribution in [0.2, 0.25) is 0 Å². The highest BCUT2D eigenvalue weighted by molar-refractivity contribution is 7.47. The monoisotopic (exact) mass is 1480 g/mol. The third-order valence-corrected chi connectivity index (χ3v) is 21.1. The van der Waals surface area contributed by atoms with Crippen molar-refractivity contribution in [3.8, 4) is 0 Å². The van der Waals surface area contributed by atoms with Crippen molar-refractivity contribution < 1.29 is 80.2 Å². The molecule has 0 bridgehead atoms. The van der Waals surface area contributed by atoms with Gasteiger partial charge in [-0.05, 0) is 37.5 Å². The molecule has 3 N–H and O–H groups in total. The van der Waals surface area contributed by atoms with E-state index in [4.69, 9.17) is 37.0 Å². The quantitative estimate of drug-likeness (QED) is 0.0222. The first-order valence-electron chi connectivity index (χ1n) is 42.5. The normalized spacial score (nSPS) is 13.9. The number of rotatable bonds is 81. The number of esters is 4. The number of hydrogen-bond donors (Lipinski definition) is 3. The van der Waals surface area contributed by atoms with E-state index < -0.39 is 97.5 Å². The lowest BCUT2D eigenvalue weighted by Gasteiger charge is -2.21. The van der Waals surface area contributed by atoms with Gasteiger partial charge in [0, 0.05) is 25.7 Å². The Balaban J connectivity index is 5.11. The first-order valence-corrected chi connectivity index (χ1v) is 45.5. The number of aliphatic hydroxyl groups excluding tert-OH is 1. The molecule has 0 aromatic carbocycles. The predicted molar refractivity (Wildman–Crippen MR) is 414 cm³/mol. The number of phosphoric acid groups is 2. The van der Waals surface area contributed by atoms with Gasteiger partial charge in [-0.1, -0.05) is 382 Å². The Morgan fingerprint density at radius 3 is 0.673 bits per heavy atom. The molecule has 17 nitrogen and oxygen atoms in total. The van der Waals surface area contributed by atoms with Crippen molar-refractivity contribution in [2.24, 2.45) is 11.8 Å². The van der Waals surface area contributed by atoms with Crippen LogP contribution < -0.4 is 0 Å². The van der Waals surface area contributed by atoms with Gasteiger partial charge in [0.05, 0.1) is 26.4 Å². The average Bonchev–Trinajstić information content (AvgIpc) is 0.933. The van der Waals surface area contributed by atoms with E-state index in [1.165, 1.54) is 244 Å². The summed E-state index contributed by atoms with van der Waals surface area (Å²) in [4.78, 5) is 72.8. The summed E-state index contributed by atoms with van der Waals surface area (Å²) in [6.07, 6.45) is 64.4. The van der Waals surface area contributed by atoms with Crippen LogP contribution >= 0.6 is 15.6 Å². The van der Waals surface area contributed by atoms with E-state index in [0.717, 1.165) is 108 Å². The molecule has 5 atom stereocenters. The minimum Gasteiger partial charge on any atom is -0.462 e. The first-order chi connectivity index (χ1) is 48.9. The fourth-order valence-corrected chi connectivity index (χ4v) is 14.3. The third kappa shape index (κ3) is 76.1. The van der Waals surface area contributed by atoms with Gasteiger partial charge in [0.2, 0.25) is 0 Å². The Bertz CT molecular complexity index is 1940. The number of hydrogen-bond acceptors (Lipinski definition) is 15. The minimum absolute atomic E-state index is 0.107. The van der Waals surface area contributed by atoms with E-state index in [1.54, 1.807) is 0 Å².